The van der Waals surface area contributed by atoms with E-state index in [-0.39, 0.29) is 0 Å². The Hall–Kier alpha value is -1.50. The van der Waals surface area contributed by atoms with Crippen LogP contribution in [0.5, 0.6) is 0 Å². The van der Waals surface area contributed by atoms with Crippen LogP contribution in [0.2, 0.25) is 20.1 Å². The first-order valence-corrected chi connectivity index (χ1v) is 10.3. The van der Waals surface area contributed by atoms with Crippen molar-refractivity contribution in [3.05, 3.63) is 74.3 Å². The number of halogens is 4. The normalized spacial score (nSPS) is 11.3. The Morgan fingerprint density at radius 1 is 0.926 bits per heavy atom. The van der Waals surface area contributed by atoms with Gasteiger partial charge in [0, 0.05) is 32.6 Å². The second-order valence-corrected chi connectivity index (χ2v) is 8.15. The minimum atomic E-state index is 0.478. The molecule has 0 amide bonds. The van der Waals surface area contributed by atoms with Crippen molar-refractivity contribution in [3.63, 3.8) is 0 Å². The third kappa shape index (κ3) is 3.89. The molecule has 0 saturated heterocycles. The topological polar surface area (TPSA) is 43.1 Å². The van der Waals surface area contributed by atoms with Crippen molar-refractivity contribution >= 4 is 63.9 Å². The van der Waals surface area contributed by atoms with E-state index >= 15 is 0 Å². The molecule has 0 unspecified atom stereocenters. The quantitative estimate of drug-likeness (QED) is 0.321. The maximum absolute atomic E-state index is 6.35. The first kappa shape index (κ1) is 18.8. The molecule has 9 heteroatoms. The summed E-state index contributed by atoms with van der Waals surface area (Å²) in [5.74, 6) is 1.03. The van der Waals surface area contributed by atoms with Crippen LogP contribution in [0.25, 0.3) is 17.0 Å². The van der Waals surface area contributed by atoms with E-state index in [1.807, 2.05) is 30.3 Å². The van der Waals surface area contributed by atoms with Crippen molar-refractivity contribution in [1.82, 2.24) is 19.6 Å². The number of hydrogen-bond donors (Lipinski definition) is 0. The fourth-order valence-electron chi connectivity index (χ4n) is 2.54. The van der Waals surface area contributed by atoms with Crippen LogP contribution in [0, 0.1) is 0 Å². The molecule has 0 saturated carbocycles. The molecule has 0 fully saturated rings. The zero-order chi connectivity index (χ0) is 19.0. The van der Waals surface area contributed by atoms with Crippen molar-refractivity contribution in [2.24, 2.45) is 0 Å². The zero-order valence-electron chi connectivity index (χ0n) is 13.5. The van der Waals surface area contributed by atoms with Gasteiger partial charge in [0.1, 0.15) is 0 Å². The summed E-state index contributed by atoms with van der Waals surface area (Å²) in [6, 6.07) is 12.6. The lowest BCUT2D eigenvalue weighted by Gasteiger charge is -2.06. The van der Waals surface area contributed by atoms with Gasteiger partial charge in [-0.3, -0.25) is 0 Å². The Kier molecular flexibility index (Phi) is 5.48. The fraction of sp³-hybridized carbons (Fsp3) is 0.0556. The Morgan fingerprint density at radius 3 is 2.44 bits per heavy atom. The largest absolute Gasteiger partial charge is 0.253 e. The molecule has 0 radical (unpaired) electrons. The highest BCUT2D eigenvalue weighted by atomic mass is 35.5. The monoisotopic (exact) mass is 454 g/mol. The fourth-order valence-corrected chi connectivity index (χ4v) is 4.61. The lowest BCUT2D eigenvalue weighted by molar-refractivity contribution is 0.886. The van der Waals surface area contributed by atoms with Gasteiger partial charge in [-0.1, -0.05) is 64.2 Å². The highest BCUT2D eigenvalue weighted by Gasteiger charge is 2.14. The van der Waals surface area contributed by atoms with Gasteiger partial charge in [0.05, 0.1) is 10.7 Å². The molecule has 2 aromatic carbocycles. The van der Waals surface area contributed by atoms with E-state index in [4.69, 9.17) is 46.4 Å². The zero-order valence-corrected chi connectivity index (χ0v) is 17.4. The average Bonchev–Trinajstić information content (AvgIpc) is 3.04. The number of aromatic nitrogens is 4. The molecule has 27 heavy (non-hydrogen) atoms. The predicted molar refractivity (Wildman–Crippen MR) is 112 cm³/mol. The van der Waals surface area contributed by atoms with Crippen LogP contribution in [0.1, 0.15) is 5.56 Å². The second-order valence-electron chi connectivity index (χ2n) is 5.55. The molecule has 0 N–H and O–H groups in total. The van der Waals surface area contributed by atoms with Gasteiger partial charge in [0.25, 0.3) is 5.78 Å². The molecule has 4 rings (SSSR count). The van der Waals surface area contributed by atoms with E-state index in [1.54, 1.807) is 22.8 Å². The summed E-state index contributed by atoms with van der Waals surface area (Å²) in [5, 5.41) is 7.45. The summed E-state index contributed by atoms with van der Waals surface area (Å²) >= 11 is 26.2. The Balaban J connectivity index is 1.69. The maximum Gasteiger partial charge on any atom is 0.253 e. The van der Waals surface area contributed by atoms with Gasteiger partial charge >= 0.3 is 0 Å². The van der Waals surface area contributed by atoms with Gasteiger partial charge in [0.15, 0.2) is 0 Å². The molecular weight excluding hydrogens is 446 g/mol. The van der Waals surface area contributed by atoms with E-state index in [0.717, 1.165) is 16.8 Å². The van der Waals surface area contributed by atoms with Crippen LogP contribution >= 0.6 is 58.2 Å². The lowest BCUT2D eigenvalue weighted by Crippen LogP contribution is -1.96. The molecule has 2 aromatic heterocycles. The smallest absolute Gasteiger partial charge is 0.220 e. The molecule has 2 heterocycles. The molecule has 136 valence electrons. The minimum Gasteiger partial charge on any atom is -0.220 e. The highest BCUT2D eigenvalue weighted by Crippen LogP contribution is 2.32. The second kappa shape index (κ2) is 7.86. The summed E-state index contributed by atoms with van der Waals surface area (Å²) in [6.45, 7) is 0. The predicted octanol–water partition coefficient (Wildman–Crippen LogP) is 6.70. The van der Waals surface area contributed by atoms with Gasteiger partial charge in [-0.25, -0.2) is 4.98 Å². The summed E-state index contributed by atoms with van der Waals surface area (Å²) in [4.78, 5) is 8.75. The molecule has 0 spiro atoms. The molecule has 0 aliphatic carbocycles. The number of benzene rings is 2. The minimum absolute atomic E-state index is 0.478. The van der Waals surface area contributed by atoms with E-state index < -0.39 is 0 Å². The Labute approximate surface area is 179 Å². The van der Waals surface area contributed by atoms with Gasteiger partial charge in [-0.05, 0) is 42.0 Å². The van der Waals surface area contributed by atoms with Crippen LogP contribution in [-0.2, 0) is 5.75 Å². The molecule has 4 aromatic rings. The average molecular weight is 456 g/mol. The number of rotatable bonds is 4. The van der Waals surface area contributed by atoms with Gasteiger partial charge in [0.2, 0.25) is 5.16 Å². The summed E-state index contributed by atoms with van der Waals surface area (Å²) in [5.41, 5.74) is 2.42. The number of hydrogen-bond acceptors (Lipinski definition) is 4. The summed E-state index contributed by atoms with van der Waals surface area (Å²) in [6.07, 6.45) is 1.67. The standard InChI is InChI=1S/C18H10Cl4N4S/c19-10-4-5-11(15(22)8-10)16-6-7-23-17-24-18(25-26(16)17)27-9-12-13(20)2-1-3-14(12)21/h1-8H,9H2. The third-order valence-electron chi connectivity index (χ3n) is 3.84. The molecule has 0 atom stereocenters. The molecule has 4 nitrogen and oxygen atoms in total. The van der Waals surface area contributed by atoms with Crippen molar-refractivity contribution in [1.29, 1.82) is 0 Å². The van der Waals surface area contributed by atoms with Gasteiger partial charge in [-0.2, -0.15) is 9.50 Å². The first-order valence-electron chi connectivity index (χ1n) is 7.76. The first-order chi connectivity index (χ1) is 13.0. The van der Waals surface area contributed by atoms with Crippen molar-refractivity contribution in [2.75, 3.05) is 0 Å². The lowest BCUT2D eigenvalue weighted by atomic mass is 10.1. The maximum atomic E-state index is 6.35. The Bertz CT molecular complexity index is 1130. The summed E-state index contributed by atoms with van der Waals surface area (Å²) < 4.78 is 1.66. The van der Waals surface area contributed by atoms with Crippen molar-refractivity contribution < 1.29 is 0 Å². The highest BCUT2D eigenvalue weighted by molar-refractivity contribution is 7.98. The van der Waals surface area contributed by atoms with Crippen LogP contribution in [0.15, 0.2) is 53.8 Å². The van der Waals surface area contributed by atoms with Gasteiger partial charge < -0.3 is 0 Å². The summed E-state index contributed by atoms with van der Waals surface area (Å²) in [7, 11) is 0. The molecular formula is C18H10Cl4N4S. The van der Waals surface area contributed by atoms with Crippen LogP contribution < -0.4 is 0 Å². The van der Waals surface area contributed by atoms with E-state index in [1.165, 1.54) is 11.8 Å². The van der Waals surface area contributed by atoms with E-state index in [9.17, 15) is 0 Å². The molecule has 0 aliphatic heterocycles. The van der Waals surface area contributed by atoms with Gasteiger partial charge in [-0.15, -0.1) is 5.10 Å². The Morgan fingerprint density at radius 2 is 1.70 bits per heavy atom. The third-order valence-corrected chi connectivity index (χ3v) is 5.96. The number of fused-ring (bicyclic) bond motifs is 1. The van der Waals surface area contributed by atoms with Crippen molar-refractivity contribution in [3.8, 4) is 11.3 Å². The van der Waals surface area contributed by atoms with Crippen LogP contribution in [0.3, 0.4) is 0 Å². The SMILES string of the molecule is Clc1ccc(-c2ccnc3nc(SCc4c(Cl)cccc4Cl)nn23)c(Cl)c1. The number of nitrogens with zero attached hydrogens (tertiary/aromatic N) is 4. The van der Waals surface area contributed by atoms with E-state index in [0.29, 0.717) is 36.8 Å². The molecule has 0 aliphatic rings. The number of thioether (sulfide) groups is 1. The van der Waals surface area contributed by atoms with Crippen molar-refractivity contribution in [2.45, 2.75) is 10.9 Å². The van der Waals surface area contributed by atoms with Crippen LogP contribution in [0.4, 0.5) is 0 Å². The molecule has 0 bridgehead atoms. The van der Waals surface area contributed by atoms with E-state index in [2.05, 4.69) is 15.1 Å². The van der Waals surface area contributed by atoms with Crippen LogP contribution in [-0.4, -0.2) is 19.6 Å².